The van der Waals surface area contributed by atoms with Crippen molar-refractivity contribution in [3.8, 4) is 11.1 Å². The molecule has 2 aromatic rings. The third-order valence-corrected chi connectivity index (χ3v) is 3.60. The van der Waals surface area contributed by atoms with E-state index >= 15 is 0 Å². The van der Waals surface area contributed by atoms with Crippen LogP contribution in [-0.4, -0.2) is 5.88 Å². The van der Waals surface area contributed by atoms with Crippen LogP contribution in [0.1, 0.15) is 0 Å². The summed E-state index contributed by atoms with van der Waals surface area (Å²) in [5, 5.41) is 2.13. The molecule has 0 aliphatic carbocycles. The molecule has 0 N–H and O–H groups in total. The molecule has 2 aromatic carbocycles. The third-order valence-electron chi connectivity index (χ3n) is 2.86. The van der Waals surface area contributed by atoms with E-state index in [1.807, 2.05) is 17.8 Å². The Morgan fingerprint density at radius 1 is 0.824 bits per heavy atom. The van der Waals surface area contributed by atoms with Crippen molar-refractivity contribution in [1.82, 2.24) is 0 Å². The molecular formula is C15H13NS. The second kappa shape index (κ2) is 4.68. The molecule has 0 bridgehead atoms. The van der Waals surface area contributed by atoms with Gasteiger partial charge in [-0.3, -0.25) is 0 Å². The average Bonchev–Trinajstić information content (AvgIpc) is 2.94. The second-order valence-electron chi connectivity index (χ2n) is 3.96. The molecule has 1 nitrogen and oxygen atoms in total. The van der Waals surface area contributed by atoms with Gasteiger partial charge in [0, 0.05) is 11.9 Å². The zero-order chi connectivity index (χ0) is 11.5. The second-order valence-corrected chi connectivity index (χ2v) is 4.83. The predicted molar refractivity (Wildman–Crippen MR) is 76.0 cm³/mol. The molecule has 3 rings (SSSR count). The van der Waals surface area contributed by atoms with E-state index in [0.29, 0.717) is 0 Å². The molecule has 2 heteroatoms. The summed E-state index contributed by atoms with van der Waals surface area (Å²) in [6, 6.07) is 19.2. The van der Waals surface area contributed by atoms with E-state index in [9.17, 15) is 0 Å². The van der Waals surface area contributed by atoms with Crippen molar-refractivity contribution in [2.75, 3.05) is 10.8 Å². The Morgan fingerprint density at radius 3 is 2.18 bits per heavy atom. The molecule has 0 aromatic heterocycles. The lowest BCUT2D eigenvalue weighted by Crippen LogP contribution is -2.10. The molecule has 17 heavy (non-hydrogen) atoms. The molecule has 0 amide bonds. The molecule has 0 radical (unpaired) electrons. The zero-order valence-corrected chi connectivity index (χ0v) is 10.2. The van der Waals surface area contributed by atoms with Gasteiger partial charge in [0.2, 0.25) is 0 Å². The van der Waals surface area contributed by atoms with Crippen molar-refractivity contribution in [1.29, 1.82) is 0 Å². The monoisotopic (exact) mass is 239 g/mol. The first-order valence-electron chi connectivity index (χ1n) is 5.64. The summed E-state index contributed by atoms with van der Waals surface area (Å²) >= 11 is 1.82. The minimum Gasteiger partial charge on any atom is -0.337 e. The summed E-state index contributed by atoms with van der Waals surface area (Å²) in [5.41, 5.74) is 3.79. The van der Waals surface area contributed by atoms with Gasteiger partial charge in [-0.15, -0.1) is 11.8 Å². The number of thioether (sulfide) groups is 1. The normalized spacial score (nSPS) is 14.2. The molecular weight excluding hydrogens is 226 g/mol. The first-order valence-corrected chi connectivity index (χ1v) is 6.69. The van der Waals surface area contributed by atoms with Crippen LogP contribution in [0.4, 0.5) is 5.69 Å². The minimum atomic E-state index is 1.02. The van der Waals surface area contributed by atoms with E-state index in [1.165, 1.54) is 16.8 Å². The lowest BCUT2D eigenvalue weighted by Gasteiger charge is -2.15. The molecule has 1 aliphatic rings. The van der Waals surface area contributed by atoms with E-state index in [-0.39, 0.29) is 0 Å². The summed E-state index contributed by atoms with van der Waals surface area (Å²) < 4.78 is 0. The molecule has 0 spiro atoms. The quantitative estimate of drug-likeness (QED) is 0.767. The average molecular weight is 239 g/mol. The maximum Gasteiger partial charge on any atom is 0.0723 e. The summed E-state index contributed by atoms with van der Waals surface area (Å²) in [7, 11) is 0. The van der Waals surface area contributed by atoms with Crippen molar-refractivity contribution < 1.29 is 0 Å². The van der Waals surface area contributed by atoms with Crippen LogP contribution in [0, 0.1) is 0 Å². The molecule has 84 valence electrons. The highest BCUT2D eigenvalue weighted by Gasteiger charge is 2.07. The van der Waals surface area contributed by atoms with Crippen molar-refractivity contribution in [3.63, 3.8) is 0 Å². The highest BCUT2D eigenvalue weighted by Crippen LogP contribution is 2.26. The SMILES string of the molecule is C1=CN(c2ccc(-c3ccccc3)cc2)CS1. The van der Waals surface area contributed by atoms with Crippen LogP contribution in [0.3, 0.4) is 0 Å². The van der Waals surface area contributed by atoms with Gasteiger partial charge in [-0.25, -0.2) is 0 Å². The number of nitrogens with zero attached hydrogens (tertiary/aromatic N) is 1. The lowest BCUT2D eigenvalue weighted by atomic mass is 10.1. The van der Waals surface area contributed by atoms with Crippen LogP contribution < -0.4 is 4.90 Å². The molecule has 1 heterocycles. The van der Waals surface area contributed by atoms with Gasteiger partial charge >= 0.3 is 0 Å². The largest absolute Gasteiger partial charge is 0.337 e. The van der Waals surface area contributed by atoms with Crippen LogP contribution >= 0.6 is 11.8 Å². The topological polar surface area (TPSA) is 3.24 Å². The fourth-order valence-electron chi connectivity index (χ4n) is 1.92. The Balaban J connectivity index is 1.87. The maximum atomic E-state index is 2.25. The van der Waals surface area contributed by atoms with E-state index in [2.05, 4.69) is 65.0 Å². The van der Waals surface area contributed by atoms with Gasteiger partial charge in [0.1, 0.15) is 0 Å². The van der Waals surface area contributed by atoms with E-state index < -0.39 is 0 Å². The minimum absolute atomic E-state index is 1.02. The predicted octanol–water partition coefficient (Wildman–Crippen LogP) is 4.34. The van der Waals surface area contributed by atoms with Crippen molar-refractivity contribution in [3.05, 3.63) is 66.2 Å². The molecule has 0 saturated carbocycles. The molecule has 0 unspecified atom stereocenters. The van der Waals surface area contributed by atoms with Crippen LogP contribution in [0.5, 0.6) is 0 Å². The third kappa shape index (κ3) is 2.22. The number of benzene rings is 2. The Morgan fingerprint density at radius 2 is 1.53 bits per heavy atom. The summed E-state index contributed by atoms with van der Waals surface area (Å²) in [6.45, 7) is 0. The Labute approximate surface area is 106 Å². The summed E-state index contributed by atoms with van der Waals surface area (Å²) in [5.74, 6) is 1.02. The van der Waals surface area contributed by atoms with Gasteiger partial charge in [0.25, 0.3) is 0 Å². The fourth-order valence-corrected chi connectivity index (χ4v) is 2.63. The lowest BCUT2D eigenvalue weighted by molar-refractivity contribution is 1.19. The van der Waals surface area contributed by atoms with Crippen LogP contribution in [0.25, 0.3) is 11.1 Å². The van der Waals surface area contributed by atoms with E-state index in [0.717, 1.165) is 5.88 Å². The van der Waals surface area contributed by atoms with Gasteiger partial charge < -0.3 is 4.90 Å². The van der Waals surface area contributed by atoms with Crippen molar-refractivity contribution >= 4 is 17.4 Å². The maximum absolute atomic E-state index is 2.25. The first kappa shape index (κ1) is 10.5. The van der Waals surface area contributed by atoms with Gasteiger partial charge in [-0.2, -0.15) is 0 Å². The van der Waals surface area contributed by atoms with Crippen molar-refractivity contribution in [2.24, 2.45) is 0 Å². The summed E-state index contributed by atoms with van der Waals surface area (Å²) in [6.07, 6.45) is 2.13. The summed E-state index contributed by atoms with van der Waals surface area (Å²) in [4.78, 5) is 2.25. The van der Waals surface area contributed by atoms with Gasteiger partial charge in [0.15, 0.2) is 0 Å². The standard InChI is InChI=1S/C15H13NS/c1-2-4-13(5-3-1)14-6-8-15(9-7-14)16-10-11-17-12-16/h1-11H,12H2. The van der Waals surface area contributed by atoms with Crippen LogP contribution in [-0.2, 0) is 0 Å². The molecule has 0 saturated heterocycles. The van der Waals surface area contributed by atoms with Gasteiger partial charge in [-0.1, -0.05) is 42.5 Å². The number of hydrogen-bond acceptors (Lipinski definition) is 2. The Kier molecular flexibility index (Phi) is 2.88. The highest BCUT2D eigenvalue weighted by atomic mass is 32.2. The Bertz CT molecular complexity index is 516. The molecule has 1 aliphatic heterocycles. The van der Waals surface area contributed by atoms with E-state index in [1.54, 1.807) is 0 Å². The molecule has 0 atom stereocenters. The van der Waals surface area contributed by atoms with E-state index in [4.69, 9.17) is 0 Å². The number of anilines is 1. The zero-order valence-electron chi connectivity index (χ0n) is 9.41. The van der Waals surface area contributed by atoms with Gasteiger partial charge in [-0.05, 0) is 28.7 Å². The van der Waals surface area contributed by atoms with Crippen LogP contribution in [0.2, 0.25) is 0 Å². The smallest absolute Gasteiger partial charge is 0.0723 e. The van der Waals surface area contributed by atoms with Crippen LogP contribution in [0.15, 0.2) is 66.2 Å². The highest BCUT2D eigenvalue weighted by molar-refractivity contribution is 8.02. The Hall–Kier alpha value is -1.67. The number of rotatable bonds is 2. The first-order chi connectivity index (χ1) is 8.43. The van der Waals surface area contributed by atoms with Crippen molar-refractivity contribution in [2.45, 2.75) is 0 Å². The number of hydrogen-bond donors (Lipinski definition) is 0. The van der Waals surface area contributed by atoms with Gasteiger partial charge in [0.05, 0.1) is 5.88 Å². The molecule has 0 fully saturated rings. The fraction of sp³-hybridized carbons (Fsp3) is 0.0667.